The molecule has 0 rings (SSSR count). The van der Waals surface area contributed by atoms with Crippen LogP contribution in [0.15, 0.2) is 12.2 Å². The maximum atomic E-state index is 11.6. The third kappa shape index (κ3) is 6.58. The highest BCUT2D eigenvalue weighted by molar-refractivity contribution is 7.85. The summed E-state index contributed by atoms with van der Waals surface area (Å²) in [6, 6.07) is 0. The Bertz CT molecular complexity index is 348. The summed E-state index contributed by atoms with van der Waals surface area (Å²) in [7, 11) is -3.96. The molecular formula is C10H18NO4S. The SMILES string of the molecule is [CH2]CCN(CCCS(=O)(=O)O)C(=O)C(=C)C. The molecule has 0 aliphatic carbocycles. The predicted molar refractivity (Wildman–Crippen MR) is 62.4 cm³/mol. The van der Waals surface area contributed by atoms with Crippen LogP contribution < -0.4 is 0 Å². The number of amides is 1. The molecule has 5 nitrogen and oxygen atoms in total. The number of carbonyl (C=O) groups excluding carboxylic acids is 1. The van der Waals surface area contributed by atoms with Crippen LogP contribution in [0.3, 0.4) is 0 Å². The van der Waals surface area contributed by atoms with E-state index in [-0.39, 0.29) is 24.6 Å². The van der Waals surface area contributed by atoms with Gasteiger partial charge < -0.3 is 4.90 Å². The molecular weight excluding hydrogens is 230 g/mol. The molecule has 1 amide bonds. The molecule has 0 aliphatic heterocycles. The second kappa shape index (κ2) is 6.65. The van der Waals surface area contributed by atoms with Crippen molar-refractivity contribution < 1.29 is 17.8 Å². The monoisotopic (exact) mass is 248 g/mol. The van der Waals surface area contributed by atoms with Crippen LogP contribution in [0, 0.1) is 6.92 Å². The lowest BCUT2D eigenvalue weighted by atomic mass is 10.2. The van der Waals surface area contributed by atoms with Crippen molar-refractivity contribution in [1.82, 2.24) is 4.90 Å². The van der Waals surface area contributed by atoms with E-state index >= 15 is 0 Å². The molecule has 0 unspecified atom stereocenters. The van der Waals surface area contributed by atoms with Gasteiger partial charge in [-0.15, -0.1) is 0 Å². The largest absolute Gasteiger partial charge is 0.339 e. The highest BCUT2D eigenvalue weighted by Gasteiger charge is 2.14. The Morgan fingerprint density at radius 2 is 1.94 bits per heavy atom. The van der Waals surface area contributed by atoms with Gasteiger partial charge in [0.25, 0.3) is 10.1 Å². The van der Waals surface area contributed by atoms with Crippen LogP contribution >= 0.6 is 0 Å². The molecule has 0 aliphatic rings. The first-order valence-corrected chi connectivity index (χ1v) is 6.58. The van der Waals surface area contributed by atoms with Crippen LogP contribution in [0.1, 0.15) is 19.8 Å². The first kappa shape index (κ1) is 15.1. The standard InChI is InChI=1S/C10H18NO4S/c1-4-6-11(10(12)9(2)3)7-5-8-16(13,14)15/h1-2,4-8H2,3H3,(H,13,14,15). The van der Waals surface area contributed by atoms with E-state index in [1.807, 2.05) is 0 Å². The fourth-order valence-corrected chi connectivity index (χ4v) is 1.71. The first-order valence-electron chi connectivity index (χ1n) is 4.97. The maximum absolute atomic E-state index is 11.6. The Hall–Kier alpha value is -0.880. The van der Waals surface area contributed by atoms with Crippen LogP contribution in [0.4, 0.5) is 0 Å². The summed E-state index contributed by atoms with van der Waals surface area (Å²) < 4.78 is 29.5. The molecule has 0 aromatic rings. The van der Waals surface area contributed by atoms with Gasteiger partial charge in [-0.2, -0.15) is 8.42 Å². The Labute approximate surface area is 96.9 Å². The van der Waals surface area contributed by atoms with Crippen LogP contribution in [0.2, 0.25) is 0 Å². The number of hydrogen-bond acceptors (Lipinski definition) is 3. The molecule has 1 radical (unpaired) electrons. The van der Waals surface area contributed by atoms with Crippen molar-refractivity contribution in [2.75, 3.05) is 18.8 Å². The summed E-state index contributed by atoms with van der Waals surface area (Å²) in [5.74, 6) is -0.552. The van der Waals surface area contributed by atoms with E-state index in [2.05, 4.69) is 13.5 Å². The molecule has 1 N–H and O–H groups in total. The van der Waals surface area contributed by atoms with E-state index in [1.54, 1.807) is 6.92 Å². The van der Waals surface area contributed by atoms with Gasteiger partial charge in [0.15, 0.2) is 0 Å². The Balaban J connectivity index is 4.25. The summed E-state index contributed by atoms with van der Waals surface area (Å²) >= 11 is 0. The van der Waals surface area contributed by atoms with E-state index < -0.39 is 10.1 Å². The van der Waals surface area contributed by atoms with Gasteiger partial charge in [0, 0.05) is 18.7 Å². The first-order chi connectivity index (χ1) is 7.28. The van der Waals surface area contributed by atoms with Gasteiger partial charge in [0.2, 0.25) is 5.91 Å². The average molecular weight is 248 g/mol. The fourth-order valence-electron chi connectivity index (χ4n) is 1.21. The lowest BCUT2D eigenvalue weighted by Crippen LogP contribution is -2.33. The molecule has 16 heavy (non-hydrogen) atoms. The zero-order chi connectivity index (χ0) is 12.8. The minimum absolute atomic E-state index is 0.206. The minimum Gasteiger partial charge on any atom is -0.339 e. The molecule has 0 aromatic carbocycles. The molecule has 0 aromatic heterocycles. The van der Waals surface area contributed by atoms with Crippen molar-refractivity contribution in [1.29, 1.82) is 0 Å². The van der Waals surface area contributed by atoms with E-state index in [0.29, 0.717) is 18.5 Å². The smallest absolute Gasteiger partial charge is 0.264 e. The van der Waals surface area contributed by atoms with Crippen LogP contribution in [0.5, 0.6) is 0 Å². The lowest BCUT2D eigenvalue weighted by molar-refractivity contribution is -0.127. The minimum atomic E-state index is -3.96. The summed E-state index contributed by atoms with van der Waals surface area (Å²) in [4.78, 5) is 13.1. The third-order valence-electron chi connectivity index (χ3n) is 1.91. The zero-order valence-corrected chi connectivity index (χ0v) is 10.3. The maximum Gasteiger partial charge on any atom is 0.264 e. The van der Waals surface area contributed by atoms with Crippen molar-refractivity contribution in [2.45, 2.75) is 19.8 Å². The van der Waals surface area contributed by atoms with Crippen molar-refractivity contribution in [3.8, 4) is 0 Å². The molecule has 0 fully saturated rings. The van der Waals surface area contributed by atoms with Gasteiger partial charge in [-0.1, -0.05) is 13.5 Å². The number of carbonyl (C=O) groups is 1. The average Bonchev–Trinajstić information content (AvgIpc) is 2.13. The zero-order valence-electron chi connectivity index (χ0n) is 9.48. The molecule has 6 heteroatoms. The van der Waals surface area contributed by atoms with Crippen LogP contribution in [-0.2, 0) is 14.9 Å². The number of hydrogen-bond donors (Lipinski definition) is 1. The summed E-state index contributed by atoms with van der Waals surface area (Å²) in [5, 5.41) is 0. The second-order valence-electron chi connectivity index (χ2n) is 3.57. The lowest BCUT2D eigenvalue weighted by Gasteiger charge is -2.21. The predicted octanol–water partition coefficient (Wildman–Crippen LogP) is 0.893. The van der Waals surface area contributed by atoms with Gasteiger partial charge in [-0.3, -0.25) is 9.35 Å². The molecule has 0 heterocycles. The van der Waals surface area contributed by atoms with Gasteiger partial charge >= 0.3 is 0 Å². The van der Waals surface area contributed by atoms with Crippen LogP contribution in [0.25, 0.3) is 0 Å². The van der Waals surface area contributed by atoms with E-state index in [1.165, 1.54) is 4.90 Å². The molecule has 0 saturated heterocycles. The van der Waals surface area contributed by atoms with E-state index in [4.69, 9.17) is 4.55 Å². The van der Waals surface area contributed by atoms with Crippen LogP contribution in [-0.4, -0.2) is 42.6 Å². The van der Waals surface area contributed by atoms with Gasteiger partial charge in [-0.05, 0) is 19.8 Å². The highest BCUT2D eigenvalue weighted by Crippen LogP contribution is 2.02. The topological polar surface area (TPSA) is 74.7 Å². The fraction of sp³-hybridized carbons (Fsp3) is 0.600. The molecule has 0 saturated carbocycles. The normalized spacial score (nSPS) is 11.2. The van der Waals surface area contributed by atoms with Crippen molar-refractivity contribution in [2.24, 2.45) is 0 Å². The Morgan fingerprint density at radius 3 is 2.31 bits per heavy atom. The van der Waals surface area contributed by atoms with Crippen molar-refractivity contribution >= 4 is 16.0 Å². The van der Waals surface area contributed by atoms with Crippen molar-refractivity contribution in [3.63, 3.8) is 0 Å². The Kier molecular flexibility index (Phi) is 6.28. The molecule has 0 spiro atoms. The second-order valence-corrected chi connectivity index (χ2v) is 5.14. The quantitative estimate of drug-likeness (QED) is 0.536. The highest BCUT2D eigenvalue weighted by atomic mass is 32.2. The molecule has 0 atom stereocenters. The van der Waals surface area contributed by atoms with Gasteiger partial charge in [0.1, 0.15) is 0 Å². The number of rotatable bonds is 7. The summed E-state index contributed by atoms with van der Waals surface area (Å²) in [6.45, 7) is 9.50. The Morgan fingerprint density at radius 1 is 1.38 bits per heavy atom. The third-order valence-corrected chi connectivity index (χ3v) is 2.72. The van der Waals surface area contributed by atoms with Gasteiger partial charge in [-0.25, -0.2) is 0 Å². The summed E-state index contributed by atoms with van der Waals surface area (Å²) in [6.07, 6.45) is 0.753. The molecule has 0 bridgehead atoms. The van der Waals surface area contributed by atoms with Gasteiger partial charge in [0.05, 0.1) is 5.75 Å². The van der Waals surface area contributed by atoms with E-state index in [9.17, 15) is 13.2 Å². The molecule has 93 valence electrons. The van der Waals surface area contributed by atoms with Crippen molar-refractivity contribution in [3.05, 3.63) is 19.1 Å². The summed E-state index contributed by atoms with van der Waals surface area (Å²) in [5.41, 5.74) is 0.403. The van der Waals surface area contributed by atoms with E-state index in [0.717, 1.165) is 0 Å². The number of nitrogens with zero attached hydrogens (tertiary/aromatic N) is 1.